The van der Waals surface area contributed by atoms with Gasteiger partial charge in [-0.3, -0.25) is 0 Å². The fourth-order valence-corrected chi connectivity index (χ4v) is 7.67. The van der Waals surface area contributed by atoms with Gasteiger partial charge in [-0.15, -0.1) is 0 Å². The van der Waals surface area contributed by atoms with Crippen LogP contribution in [0.1, 0.15) is 23.8 Å². The summed E-state index contributed by atoms with van der Waals surface area (Å²) in [5.41, 5.74) is 10.6. The van der Waals surface area contributed by atoms with Gasteiger partial charge in [0.15, 0.2) is 0 Å². The third kappa shape index (κ3) is 3.52. The topological polar surface area (TPSA) is 20.8 Å². The van der Waals surface area contributed by atoms with Crippen LogP contribution in [0.4, 0.5) is 11.4 Å². The van der Waals surface area contributed by atoms with Crippen LogP contribution in [-0.4, -0.2) is 4.40 Å². The molecule has 0 amide bonds. The third-order valence-electron chi connectivity index (χ3n) is 9.66. The Balaban J connectivity index is 1.20. The summed E-state index contributed by atoms with van der Waals surface area (Å²) in [5.74, 6) is 1.02. The lowest BCUT2D eigenvalue weighted by Crippen LogP contribution is -2.24. The largest absolute Gasteiger partial charge is 0.458 e. The second-order valence-corrected chi connectivity index (χ2v) is 12.1. The lowest BCUT2D eigenvalue weighted by molar-refractivity contribution is 0.488. The van der Waals surface area contributed by atoms with Gasteiger partial charge in [0.2, 0.25) is 0 Å². The van der Waals surface area contributed by atoms with Gasteiger partial charge in [-0.25, -0.2) is 0 Å². The maximum absolute atomic E-state index is 6.65. The Labute approximate surface area is 260 Å². The highest BCUT2D eigenvalue weighted by Gasteiger charge is 2.31. The number of hydrogen-bond acceptors (Lipinski definition) is 2. The summed E-state index contributed by atoms with van der Waals surface area (Å²) in [4.78, 5) is 2.48. The molecule has 212 valence electrons. The molecule has 1 aliphatic carbocycles. The number of nitrogens with zero attached hydrogens (tertiary/aromatic N) is 2. The Morgan fingerprint density at radius 3 is 2.09 bits per heavy atom. The van der Waals surface area contributed by atoms with E-state index in [1.165, 1.54) is 60.2 Å². The zero-order valence-corrected chi connectivity index (χ0v) is 24.5. The number of anilines is 2. The van der Waals surface area contributed by atoms with Crippen LogP contribution >= 0.6 is 0 Å². The molecule has 0 bridgehead atoms. The molecule has 0 fully saturated rings. The lowest BCUT2D eigenvalue weighted by atomic mass is 9.95. The van der Waals surface area contributed by atoms with Gasteiger partial charge in [-0.05, 0) is 60.0 Å². The first kappa shape index (κ1) is 24.6. The van der Waals surface area contributed by atoms with E-state index in [2.05, 4.69) is 161 Å². The predicted octanol–water partition coefficient (Wildman–Crippen LogP) is 11.5. The average Bonchev–Trinajstić information content (AvgIpc) is 3.77. The van der Waals surface area contributed by atoms with E-state index in [9.17, 15) is 0 Å². The normalized spacial score (nSPS) is 14.7. The fourth-order valence-electron chi connectivity index (χ4n) is 7.67. The minimum absolute atomic E-state index is 0.00923. The summed E-state index contributed by atoms with van der Waals surface area (Å²) in [6, 6.07) is 50.4. The molecular formula is C42H28N2O. The molecule has 3 aromatic heterocycles. The summed E-state index contributed by atoms with van der Waals surface area (Å²) in [6.45, 7) is 0. The number of para-hydroxylation sites is 3. The first-order chi connectivity index (χ1) is 22.3. The molecule has 3 nitrogen and oxygen atoms in total. The van der Waals surface area contributed by atoms with Gasteiger partial charge < -0.3 is 13.7 Å². The molecule has 1 aliphatic rings. The van der Waals surface area contributed by atoms with Crippen molar-refractivity contribution in [2.24, 2.45) is 0 Å². The van der Waals surface area contributed by atoms with Crippen molar-refractivity contribution in [3.8, 4) is 11.1 Å². The molecule has 9 aromatic rings. The van der Waals surface area contributed by atoms with Gasteiger partial charge in [-0.1, -0.05) is 109 Å². The smallest absolute Gasteiger partial charge is 0.135 e. The number of hydrogen-bond donors (Lipinski definition) is 0. The monoisotopic (exact) mass is 576 g/mol. The Hall–Kier alpha value is -5.80. The fraction of sp³-hybridized carbons (Fsp3) is 0.0476. The Morgan fingerprint density at radius 1 is 0.556 bits per heavy atom. The molecule has 6 aromatic carbocycles. The first-order valence-electron chi connectivity index (χ1n) is 15.6. The van der Waals surface area contributed by atoms with Crippen molar-refractivity contribution >= 4 is 66.5 Å². The molecule has 45 heavy (non-hydrogen) atoms. The summed E-state index contributed by atoms with van der Waals surface area (Å²) >= 11 is 0. The van der Waals surface area contributed by atoms with Crippen molar-refractivity contribution in [1.82, 2.24) is 4.40 Å². The molecule has 0 N–H and O–H groups in total. The molecular weight excluding hydrogens is 548 g/mol. The summed E-state index contributed by atoms with van der Waals surface area (Å²) in [5, 5.41) is 6.32. The van der Waals surface area contributed by atoms with E-state index in [1.54, 1.807) is 0 Å². The van der Waals surface area contributed by atoms with Crippen molar-refractivity contribution in [1.29, 1.82) is 0 Å². The van der Waals surface area contributed by atoms with E-state index < -0.39 is 0 Å². The van der Waals surface area contributed by atoms with Crippen molar-refractivity contribution in [2.75, 3.05) is 4.90 Å². The molecule has 1 atom stereocenters. The van der Waals surface area contributed by atoms with Crippen LogP contribution in [0.3, 0.4) is 0 Å². The Bertz CT molecular complexity index is 2570. The van der Waals surface area contributed by atoms with Crippen LogP contribution in [0.25, 0.3) is 66.3 Å². The van der Waals surface area contributed by atoms with Crippen molar-refractivity contribution in [3.05, 3.63) is 157 Å². The highest BCUT2D eigenvalue weighted by molar-refractivity contribution is 6.23. The minimum atomic E-state index is 0.00923. The zero-order chi connectivity index (χ0) is 29.5. The Kier molecular flexibility index (Phi) is 5.11. The van der Waals surface area contributed by atoms with Crippen LogP contribution < -0.4 is 4.90 Å². The van der Waals surface area contributed by atoms with Gasteiger partial charge in [0.05, 0.1) is 22.6 Å². The first-order valence-corrected chi connectivity index (χ1v) is 15.6. The SMILES string of the molecule is C1=Cc2c(oc3ccccc23)C(N(c2ccc(-c3ccccc3)cc2)c2ccc3c(c2)c2cccc4c5ccccc5n3c42)C1. The molecule has 1 unspecified atom stereocenters. The molecule has 0 saturated carbocycles. The van der Waals surface area contributed by atoms with Gasteiger partial charge >= 0.3 is 0 Å². The van der Waals surface area contributed by atoms with Crippen LogP contribution in [0.5, 0.6) is 0 Å². The van der Waals surface area contributed by atoms with Crippen molar-refractivity contribution in [2.45, 2.75) is 12.5 Å². The van der Waals surface area contributed by atoms with Gasteiger partial charge in [0.1, 0.15) is 11.3 Å². The van der Waals surface area contributed by atoms with Crippen LogP contribution in [0.15, 0.2) is 150 Å². The molecule has 3 heteroatoms. The summed E-state index contributed by atoms with van der Waals surface area (Å²) in [6.07, 6.45) is 5.38. The molecule has 0 spiro atoms. The number of benzene rings is 6. The van der Waals surface area contributed by atoms with E-state index >= 15 is 0 Å². The zero-order valence-electron chi connectivity index (χ0n) is 24.5. The standard InChI is InChI=1S/C42H28N2O/c1-2-10-27(11-3-1)28-20-22-29(23-21-28)43(39-18-9-16-35-32-13-5-7-19-40(32)45-42(35)39)30-24-25-38-36(26-30)34-15-8-14-33-31-12-4-6-17-37(31)44(38)41(33)34/h1-17,19-26,39H,18H2. The van der Waals surface area contributed by atoms with E-state index in [4.69, 9.17) is 4.42 Å². The van der Waals surface area contributed by atoms with Gasteiger partial charge in [-0.2, -0.15) is 0 Å². The highest BCUT2D eigenvalue weighted by Crippen LogP contribution is 2.46. The van der Waals surface area contributed by atoms with E-state index in [1.807, 2.05) is 0 Å². The molecule has 10 rings (SSSR count). The van der Waals surface area contributed by atoms with Crippen LogP contribution in [0, 0.1) is 0 Å². The van der Waals surface area contributed by atoms with Crippen molar-refractivity contribution in [3.63, 3.8) is 0 Å². The molecule has 0 saturated heterocycles. The maximum Gasteiger partial charge on any atom is 0.135 e. The van der Waals surface area contributed by atoms with Crippen molar-refractivity contribution < 1.29 is 4.42 Å². The van der Waals surface area contributed by atoms with Gasteiger partial charge in [0, 0.05) is 43.9 Å². The van der Waals surface area contributed by atoms with E-state index in [0.29, 0.717) is 0 Å². The number of rotatable bonds is 4. The number of fused-ring (bicyclic) bond motifs is 9. The van der Waals surface area contributed by atoms with E-state index in [0.717, 1.165) is 29.1 Å². The van der Waals surface area contributed by atoms with Crippen LogP contribution in [-0.2, 0) is 0 Å². The third-order valence-corrected chi connectivity index (χ3v) is 9.66. The quantitative estimate of drug-likeness (QED) is 0.208. The second kappa shape index (κ2) is 9.35. The minimum Gasteiger partial charge on any atom is -0.458 e. The Morgan fingerprint density at radius 2 is 1.22 bits per heavy atom. The summed E-state index contributed by atoms with van der Waals surface area (Å²) in [7, 11) is 0. The van der Waals surface area contributed by atoms with Crippen LogP contribution in [0.2, 0.25) is 0 Å². The number of furan rings is 1. The average molecular weight is 577 g/mol. The van der Waals surface area contributed by atoms with E-state index in [-0.39, 0.29) is 6.04 Å². The van der Waals surface area contributed by atoms with Gasteiger partial charge in [0.25, 0.3) is 0 Å². The number of aromatic nitrogens is 1. The summed E-state index contributed by atoms with van der Waals surface area (Å²) < 4.78 is 9.09. The lowest BCUT2D eigenvalue weighted by Gasteiger charge is -2.34. The molecule has 0 radical (unpaired) electrons. The maximum atomic E-state index is 6.65. The molecule has 3 heterocycles. The highest BCUT2D eigenvalue weighted by atomic mass is 16.3. The molecule has 0 aliphatic heterocycles. The second-order valence-electron chi connectivity index (χ2n) is 12.1. The predicted molar refractivity (Wildman–Crippen MR) is 188 cm³/mol.